The molecule has 37 heavy (non-hydrogen) atoms. The average Bonchev–Trinajstić information content (AvgIpc) is 3.48. The van der Waals surface area contributed by atoms with E-state index >= 15 is 0 Å². The quantitative estimate of drug-likeness (QED) is 0.381. The number of amides is 2. The van der Waals surface area contributed by atoms with Gasteiger partial charge in [0.15, 0.2) is 5.82 Å². The predicted octanol–water partition coefficient (Wildman–Crippen LogP) is 4.05. The predicted molar refractivity (Wildman–Crippen MR) is 145 cm³/mol. The number of carbonyl (C=O) groups is 2. The highest BCUT2D eigenvalue weighted by atomic mass is 79.9. The molecule has 0 spiro atoms. The van der Waals surface area contributed by atoms with Gasteiger partial charge in [0.2, 0.25) is 10.0 Å². The first-order chi connectivity index (χ1) is 17.5. The summed E-state index contributed by atoms with van der Waals surface area (Å²) in [5.41, 5.74) is 0.274. The summed E-state index contributed by atoms with van der Waals surface area (Å²) in [7, 11) is -3.58. The van der Waals surface area contributed by atoms with E-state index < -0.39 is 27.9 Å². The normalized spacial score (nSPS) is 16.1. The molecule has 0 saturated carbocycles. The maximum atomic E-state index is 13.3. The lowest BCUT2D eigenvalue weighted by molar-refractivity contribution is -0.0288. The molecule has 1 unspecified atom stereocenters. The Labute approximate surface area is 238 Å². The first kappa shape index (κ1) is 28.0. The minimum atomic E-state index is -3.58. The van der Waals surface area contributed by atoms with Gasteiger partial charge in [-0.25, -0.2) is 18.1 Å². The highest BCUT2D eigenvalue weighted by molar-refractivity contribution is 9.10. The summed E-state index contributed by atoms with van der Waals surface area (Å²) >= 11 is 19.0. The summed E-state index contributed by atoms with van der Waals surface area (Å²) < 4.78 is 26.9. The summed E-state index contributed by atoms with van der Waals surface area (Å²) in [6.07, 6.45) is 1.51. The SMILES string of the molecule is CCS(=O)(=O)N1CC(NC(=O)c2cc(Cl)cc(Br)c2NC(=O)c2cc(Br)nn2-c2ncccc2Cl)CO1. The molecule has 1 aliphatic rings. The highest BCUT2D eigenvalue weighted by Crippen LogP contribution is 2.32. The maximum absolute atomic E-state index is 13.3. The molecule has 2 N–H and O–H groups in total. The molecule has 2 aromatic heterocycles. The Balaban J connectivity index is 1.60. The Morgan fingerprint density at radius 3 is 2.68 bits per heavy atom. The number of hydrogen-bond acceptors (Lipinski definition) is 7. The minimum absolute atomic E-state index is 0.0353. The summed E-state index contributed by atoms with van der Waals surface area (Å²) in [6, 6.07) is 7.02. The number of carbonyl (C=O) groups excluding carboxylic acids is 2. The molecule has 11 nitrogen and oxygen atoms in total. The van der Waals surface area contributed by atoms with Crippen molar-refractivity contribution in [1.82, 2.24) is 24.5 Å². The zero-order chi connectivity index (χ0) is 26.9. The van der Waals surface area contributed by atoms with Crippen LogP contribution in [0.2, 0.25) is 10.0 Å². The number of rotatable bonds is 7. The number of hydrogen-bond donors (Lipinski definition) is 2. The number of benzene rings is 1. The zero-order valence-electron chi connectivity index (χ0n) is 18.9. The van der Waals surface area contributed by atoms with Gasteiger partial charge in [0.05, 0.1) is 41.2 Å². The van der Waals surface area contributed by atoms with Crippen LogP contribution in [0.3, 0.4) is 0 Å². The third kappa shape index (κ3) is 6.16. The topological polar surface area (TPSA) is 136 Å². The number of hydroxylamine groups is 1. The second-order valence-corrected chi connectivity index (χ2v) is 12.3. The molecule has 1 aromatic carbocycles. The van der Waals surface area contributed by atoms with Gasteiger partial charge in [-0.05, 0) is 63.0 Å². The van der Waals surface area contributed by atoms with Crippen molar-refractivity contribution in [2.75, 3.05) is 24.2 Å². The van der Waals surface area contributed by atoms with Crippen LogP contribution in [-0.2, 0) is 14.9 Å². The van der Waals surface area contributed by atoms with Crippen LogP contribution in [0.4, 0.5) is 5.69 Å². The fourth-order valence-electron chi connectivity index (χ4n) is 3.41. The Bertz CT molecular complexity index is 1490. The Hall–Kier alpha value is -2.07. The molecular weight excluding hydrogens is 679 g/mol. The molecule has 1 atom stereocenters. The molecule has 0 radical (unpaired) electrons. The lowest BCUT2D eigenvalue weighted by atomic mass is 10.1. The molecule has 1 fully saturated rings. The van der Waals surface area contributed by atoms with Crippen LogP contribution in [0.15, 0.2) is 45.6 Å². The molecule has 3 heterocycles. The van der Waals surface area contributed by atoms with E-state index in [0.29, 0.717) is 9.08 Å². The van der Waals surface area contributed by atoms with E-state index in [1.807, 2.05) is 0 Å². The largest absolute Gasteiger partial charge is 0.345 e. The average molecular weight is 697 g/mol. The Morgan fingerprint density at radius 2 is 1.97 bits per heavy atom. The van der Waals surface area contributed by atoms with E-state index in [2.05, 4.69) is 52.6 Å². The van der Waals surface area contributed by atoms with Crippen LogP contribution < -0.4 is 10.6 Å². The van der Waals surface area contributed by atoms with Crippen LogP contribution in [-0.4, -0.2) is 64.4 Å². The van der Waals surface area contributed by atoms with E-state index in [-0.39, 0.29) is 51.7 Å². The molecule has 16 heteroatoms. The van der Waals surface area contributed by atoms with Gasteiger partial charge in [0, 0.05) is 21.8 Å². The van der Waals surface area contributed by atoms with Gasteiger partial charge in [-0.2, -0.15) is 5.10 Å². The molecule has 1 aliphatic heterocycles. The fourth-order valence-corrected chi connectivity index (χ4v) is 5.82. The van der Waals surface area contributed by atoms with Gasteiger partial charge in [-0.15, -0.1) is 0 Å². The standard InChI is InChI=1S/C21H18Br2Cl2N6O5S/c1-2-37(34,35)30-9-12(10-36-30)27-20(32)13-6-11(24)7-14(22)18(13)28-21(33)16-8-17(23)29-31(16)19-15(25)4-3-5-26-19/h3-8,12H,2,9-10H2,1H3,(H,27,32)(H,28,33). The smallest absolute Gasteiger partial charge is 0.274 e. The summed E-state index contributed by atoms with van der Waals surface area (Å²) in [4.78, 5) is 35.9. The van der Waals surface area contributed by atoms with Crippen molar-refractivity contribution in [3.05, 3.63) is 66.9 Å². The second-order valence-electron chi connectivity index (χ2n) is 7.69. The lowest BCUT2D eigenvalue weighted by Crippen LogP contribution is -2.40. The van der Waals surface area contributed by atoms with Gasteiger partial charge in [0.25, 0.3) is 11.8 Å². The molecule has 0 bridgehead atoms. The van der Waals surface area contributed by atoms with Crippen molar-refractivity contribution in [2.24, 2.45) is 0 Å². The number of aromatic nitrogens is 3. The van der Waals surface area contributed by atoms with Crippen molar-refractivity contribution in [3.8, 4) is 5.82 Å². The number of nitrogens with one attached hydrogen (secondary N) is 2. The van der Waals surface area contributed by atoms with Crippen LogP contribution >= 0.6 is 55.1 Å². The van der Waals surface area contributed by atoms with E-state index in [1.165, 1.54) is 36.0 Å². The van der Waals surface area contributed by atoms with E-state index in [1.54, 1.807) is 12.1 Å². The van der Waals surface area contributed by atoms with Crippen molar-refractivity contribution in [1.29, 1.82) is 0 Å². The highest BCUT2D eigenvalue weighted by Gasteiger charge is 2.33. The van der Waals surface area contributed by atoms with E-state index in [9.17, 15) is 18.0 Å². The first-order valence-electron chi connectivity index (χ1n) is 10.6. The molecular formula is C21H18Br2Cl2N6O5S. The third-order valence-electron chi connectivity index (χ3n) is 5.19. The fraction of sp³-hybridized carbons (Fsp3) is 0.238. The van der Waals surface area contributed by atoms with Gasteiger partial charge in [-0.1, -0.05) is 27.7 Å². The van der Waals surface area contributed by atoms with Crippen molar-refractivity contribution in [3.63, 3.8) is 0 Å². The Morgan fingerprint density at radius 1 is 1.22 bits per heavy atom. The molecule has 1 saturated heterocycles. The molecule has 3 aromatic rings. The number of sulfonamides is 1. The lowest BCUT2D eigenvalue weighted by Gasteiger charge is -2.17. The number of halogens is 4. The molecule has 196 valence electrons. The number of anilines is 1. The van der Waals surface area contributed by atoms with Crippen molar-refractivity contribution < 1.29 is 22.8 Å². The maximum Gasteiger partial charge on any atom is 0.274 e. The van der Waals surface area contributed by atoms with Crippen LogP contribution in [0.5, 0.6) is 0 Å². The summed E-state index contributed by atoms with van der Waals surface area (Å²) in [5.74, 6) is -1.10. The number of pyridine rings is 1. The molecule has 0 aliphatic carbocycles. The Kier molecular flexibility index (Phi) is 8.58. The molecule has 4 rings (SSSR count). The third-order valence-corrected chi connectivity index (χ3v) is 8.32. The number of nitrogens with zero attached hydrogens (tertiary/aromatic N) is 4. The second kappa shape index (κ2) is 11.4. The van der Waals surface area contributed by atoms with Crippen LogP contribution in [0, 0.1) is 0 Å². The van der Waals surface area contributed by atoms with Gasteiger partial charge < -0.3 is 10.6 Å². The van der Waals surface area contributed by atoms with E-state index in [4.69, 9.17) is 28.0 Å². The van der Waals surface area contributed by atoms with Gasteiger partial charge in [-0.3, -0.25) is 14.4 Å². The van der Waals surface area contributed by atoms with Crippen molar-refractivity contribution >= 4 is 82.6 Å². The van der Waals surface area contributed by atoms with Crippen LogP contribution in [0.1, 0.15) is 27.8 Å². The monoisotopic (exact) mass is 694 g/mol. The van der Waals surface area contributed by atoms with Gasteiger partial charge >= 0.3 is 0 Å². The summed E-state index contributed by atoms with van der Waals surface area (Å²) in [5, 5.41) is 10.2. The summed E-state index contributed by atoms with van der Waals surface area (Å²) in [6.45, 7) is 1.41. The first-order valence-corrected chi connectivity index (χ1v) is 14.6. The zero-order valence-corrected chi connectivity index (χ0v) is 24.4. The van der Waals surface area contributed by atoms with Gasteiger partial charge in [0.1, 0.15) is 10.3 Å². The van der Waals surface area contributed by atoms with E-state index in [0.717, 1.165) is 4.47 Å². The van der Waals surface area contributed by atoms with Crippen molar-refractivity contribution in [2.45, 2.75) is 13.0 Å². The van der Waals surface area contributed by atoms with Crippen LogP contribution in [0.25, 0.3) is 5.82 Å². The molecule has 2 amide bonds. The minimum Gasteiger partial charge on any atom is -0.345 e.